The second-order valence-electron chi connectivity index (χ2n) is 3.15. The van der Waals surface area contributed by atoms with E-state index in [0.717, 1.165) is 0 Å². The molecule has 0 aliphatic rings. The maximum absolute atomic E-state index is 5.99. The first-order valence-corrected chi connectivity index (χ1v) is 5.38. The molecule has 0 spiro atoms. The molecule has 6 nitrogen and oxygen atoms in total. The number of hydrogen-bond acceptors (Lipinski definition) is 5. The van der Waals surface area contributed by atoms with Gasteiger partial charge in [-0.3, -0.25) is 4.68 Å². The minimum atomic E-state index is 0.296. The first-order chi connectivity index (χ1) is 8.11. The van der Waals surface area contributed by atoms with Crippen LogP contribution in [0.3, 0.4) is 0 Å². The van der Waals surface area contributed by atoms with Crippen molar-refractivity contribution in [2.75, 3.05) is 12.4 Å². The van der Waals surface area contributed by atoms with E-state index < -0.39 is 0 Å². The van der Waals surface area contributed by atoms with Crippen molar-refractivity contribution in [1.29, 1.82) is 0 Å². The lowest BCUT2D eigenvalue weighted by Crippen LogP contribution is -1.99. The molecule has 0 fully saturated rings. The second kappa shape index (κ2) is 4.77. The Labute approximate surface area is 108 Å². The van der Waals surface area contributed by atoms with Gasteiger partial charge in [-0.2, -0.15) is 10.1 Å². The van der Waals surface area contributed by atoms with Crippen LogP contribution in [0.1, 0.15) is 0 Å². The Morgan fingerprint density at radius 2 is 2.12 bits per heavy atom. The molecular formula is C9H9Cl2N5O. The third-order valence-electron chi connectivity index (χ3n) is 2.02. The van der Waals surface area contributed by atoms with Crippen LogP contribution in [0.2, 0.25) is 10.2 Å². The molecule has 0 aliphatic carbocycles. The van der Waals surface area contributed by atoms with E-state index in [4.69, 9.17) is 27.9 Å². The van der Waals surface area contributed by atoms with Crippen LogP contribution in [0.15, 0.2) is 12.4 Å². The third kappa shape index (κ3) is 2.42. The van der Waals surface area contributed by atoms with Crippen LogP contribution in [-0.2, 0) is 7.05 Å². The quantitative estimate of drug-likeness (QED) is 0.930. The SMILES string of the molecule is COc1nc(Nc2cnn(C)c2Cl)ncc1Cl. The summed E-state index contributed by atoms with van der Waals surface area (Å²) in [5, 5.41) is 7.70. The predicted molar refractivity (Wildman–Crippen MR) is 65.1 cm³/mol. The van der Waals surface area contributed by atoms with Gasteiger partial charge < -0.3 is 10.1 Å². The second-order valence-corrected chi connectivity index (χ2v) is 3.91. The zero-order valence-electron chi connectivity index (χ0n) is 9.11. The summed E-state index contributed by atoms with van der Waals surface area (Å²) in [6, 6.07) is 0. The van der Waals surface area contributed by atoms with Gasteiger partial charge in [0.15, 0.2) is 0 Å². The van der Waals surface area contributed by atoms with Crippen molar-refractivity contribution < 1.29 is 4.74 Å². The highest BCUT2D eigenvalue weighted by atomic mass is 35.5. The lowest BCUT2D eigenvalue weighted by atomic mass is 10.5. The van der Waals surface area contributed by atoms with Crippen molar-refractivity contribution in [1.82, 2.24) is 19.7 Å². The van der Waals surface area contributed by atoms with Crippen LogP contribution in [0.4, 0.5) is 11.6 Å². The molecule has 8 heteroatoms. The summed E-state index contributed by atoms with van der Waals surface area (Å²) in [5.41, 5.74) is 0.610. The number of ether oxygens (including phenoxy) is 1. The molecule has 90 valence electrons. The molecule has 0 unspecified atom stereocenters. The van der Waals surface area contributed by atoms with Crippen LogP contribution < -0.4 is 10.1 Å². The first kappa shape index (κ1) is 11.9. The average molecular weight is 274 g/mol. The highest BCUT2D eigenvalue weighted by molar-refractivity contribution is 6.32. The molecule has 0 aliphatic heterocycles. The Balaban J connectivity index is 2.27. The summed E-state index contributed by atoms with van der Waals surface area (Å²) < 4.78 is 6.51. The van der Waals surface area contributed by atoms with Gasteiger partial charge in [-0.15, -0.1) is 0 Å². The van der Waals surface area contributed by atoms with Gasteiger partial charge in [-0.25, -0.2) is 4.98 Å². The van der Waals surface area contributed by atoms with E-state index in [0.29, 0.717) is 27.7 Å². The Morgan fingerprint density at radius 1 is 1.35 bits per heavy atom. The molecule has 0 bridgehead atoms. The molecule has 2 heterocycles. The van der Waals surface area contributed by atoms with Crippen molar-refractivity contribution in [3.8, 4) is 5.88 Å². The number of hydrogen-bond donors (Lipinski definition) is 1. The fourth-order valence-corrected chi connectivity index (χ4v) is 1.49. The lowest BCUT2D eigenvalue weighted by Gasteiger charge is -2.05. The van der Waals surface area contributed by atoms with E-state index in [1.165, 1.54) is 18.0 Å². The van der Waals surface area contributed by atoms with Crippen molar-refractivity contribution in [2.24, 2.45) is 7.05 Å². The maximum atomic E-state index is 5.99. The van der Waals surface area contributed by atoms with Gasteiger partial charge in [0.2, 0.25) is 11.8 Å². The first-order valence-electron chi connectivity index (χ1n) is 4.63. The molecule has 0 radical (unpaired) electrons. The van der Waals surface area contributed by atoms with Crippen LogP contribution in [0, 0.1) is 0 Å². The van der Waals surface area contributed by atoms with Crippen LogP contribution >= 0.6 is 23.2 Å². The molecule has 0 amide bonds. The molecule has 0 saturated carbocycles. The number of halogens is 2. The fraction of sp³-hybridized carbons (Fsp3) is 0.222. The molecule has 0 aromatic carbocycles. The maximum Gasteiger partial charge on any atom is 0.237 e. The normalized spacial score (nSPS) is 10.4. The number of rotatable bonds is 3. The van der Waals surface area contributed by atoms with E-state index in [1.54, 1.807) is 13.2 Å². The summed E-state index contributed by atoms with van der Waals surface area (Å²) >= 11 is 11.8. The van der Waals surface area contributed by atoms with Gasteiger partial charge in [0.25, 0.3) is 0 Å². The third-order valence-corrected chi connectivity index (χ3v) is 2.73. The van der Waals surface area contributed by atoms with Gasteiger partial charge in [-0.1, -0.05) is 23.2 Å². The Bertz CT molecular complexity index is 542. The van der Waals surface area contributed by atoms with Gasteiger partial charge in [0, 0.05) is 7.05 Å². The summed E-state index contributed by atoms with van der Waals surface area (Å²) in [6.07, 6.45) is 3.02. The standard InChI is InChI=1S/C9H9Cl2N5O/c1-16-7(11)6(4-13-16)14-9-12-3-5(10)8(15-9)17-2/h3-4H,1-2H3,(H,12,14,15). The zero-order valence-corrected chi connectivity index (χ0v) is 10.6. The molecular weight excluding hydrogens is 265 g/mol. The molecule has 2 aromatic rings. The zero-order chi connectivity index (χ0) is 12.4. The Morgan fingerprint density at radius 3 is 2.71 bits per heavy atom. The highest BCUT2D eigenvalue weighted by Crippen LogP contribution is 2.25. The van der Waals surface area contributed by atoms with Crippen molar-refractivity contribution >= 4 is 34.8 Å². The van der Waals surface area contributed by atoms with E-state index in [9.17, 15) is 0 Å². The largest absolute Gasteiger partial charge is 0.480 e. The van der Waals surface area contributed by atoms with E-state index in [2.05, 4.69) is 20.4 Å². The van der Waals surface area contributed by atoms with Crippen LogP contribution in [0.25, 0.3) is 0 Å². The number of aromatic nitrogens is 4. The van der Waals surface area contributed by atoms with Crippen molar-refractivity contribution in [3.05, 3.63) is 22.6 Å². The molecule has 2 aromatic heterocycles. The monoisotopic (exact) mass is 273 g/mol. The summed E-state index contributed by atoms with van der Waals surface area (Å²) in [5.74, 6) is 0.630. The van der Waals surface area contributed by atoms with Gasteiger partial charge in [-0.05, 0) is 0 Å². The van der Waals surface area contributed by atoms with Gasteiger partial charge >= 0.3 is 0 Å². The number of methoxy groups -OCH3 is 1. The van der Waals surface area contributed by atoms with Gasteiger partial charge in [0.1, 0.15) is 10.2 Å². The summed E-state index contributed by atoms with van der Waals surface area (Å²) in [7, 11) is 3.21. The van der Waals surface area contributed by atoms with E-state index in [-0.39, 0.29) is 0 Å². The van der Waals surface area contributed by atoms with Crippen LogP contribution in [-0.4, -0.2) is 26.9 Å². The molecule has 0 saturated heterocycles. The predicted octanol–water partition coefficient (Wildman–Crippen LogP) is 2.27. The minimum Gasteiger partial charge on any atom is -0.480 e. The Hall–Kier alpha value is -1.53. The number of aryl methyl sites for hydroxylation is 1. The number of anilines is 2. The molecule has 2 rings (SSSR count). The van der Waals surface area contributed by atoms with Crippen molar-refractivity contribution in [3.63, 3.8) is 0 Å². The molecule has 0 atom stereocenters. The summed E-state index contributed by atoms with van der Waals surface area (Å²) in [6.45, 7) is 0. The molecule has 1 N–H and O–H groups in total. The van der Waals surface area contributed by atoms with Gasteiger partial charge in [0.05, 0.1) is 25.2 Å². The van der Waals surface area contributed by atoms with E-state index >= 15 is 0 Å². The summed E-state index contributed by atoms with van der Waals surface area (Å²) in [4.78, 5) is 8.07. The smallest absolute Gasteiger partial charge is 0.237 e. The highest BCUT2D eigenvalue weighted by Gasteiger charge is 2.09. The topological polar surface area (TPSA) is 64.9 Å². The number of nitrogens with one attached hydrogen (secondary N) is 1. The fourth-order valence-electron chi connectivity index (χ4n) is 1.18. The van der Waals surface area contributed by atoms with Crippen molar-refractivity contribution in [2.45, 2.75) is 0 Å². The average Bonchev–Trinajstić information content (AvgIpc) is 2.63. The van der Waals surface area contributed by atoms with Crippen LogP contribution in [0.5, 0.6) is 5.88 Å². The Kier molecular flexibility index (Phi) is 3.35. The van der Waals surface area contributed by atoms with E-state index in [1.807, 2.05) is 0 Å². The minimum absolute atomic E-state index is 0.296. The number of nitrogens with zero attached hydrogens (tertiary/aromatic N) is 4. The molecule has 17 heavy (non-hydrogen) atoms. The lowest BCUT2D eigenvalue weighted by molar-refractivity contribution is 0.398.